The first-order chi connectivity index (χ1) is 17.3. The van der Waals surface area contributed by atoms with Gasteiger partial charge in [0.1, 0.15) is 16.8 Å². The number of benzene rings is 1. The van der Waals surface area contributed by atoms with Crippen molar-refractivity contribution < 1.29 is 33.6 Å². The molecule has 178 valence electrons. The second-order valence-corrected chi connectivity index (χ2v) is 7.76. The van der Waals surface area contributed by atoms with E-state index < -0.39 is 22.6 Å². The number of pyridine rings is 2. The van der Waals surface area contributed by atoms with Gasteiger partial charge in [-0.05, 0) is 36.4 Å². The summed E-state index contributed by atoms with van der Waals surface area (Å²) in [6.45, 7) is 0. The molecule has 0 bridgehead atoms. The lowest BCUT2D eigenvalue weighted by Gasteiger charge is -2.10. The van der Waals surface area contributed by atoms with E-state index in [1.165, 1.54) is 34.9 Å². The van der Waals surface area contributed by atoms with Gasteiger partial charge in [-0.25, -0.2) is 9.59 Å². The van der Waals surface area contributed by atoms with Gasteiger partial charge in [0.25, 0.3) is 5.69 Å². The molecule has 1 aliphatic carbocycles. The van der Waals surface area contributed by atoms with Crippen LogP contribution < -0.4 is 0 Å². The number of carbonyl (C=O) groups excluding carboxylic acids is 4. The van der Waals surface area contributed by atoms with Gasteiger partial charge >= 0.3 is 11.9 Å². The molecule has 0 spiro atoms. The van der Waals surface area contributed by atoms with Gasteiger partial charge in [0.05, 0.1) is 41.6 Å². The fourth-order valence-corrected chi connectivity index (χ4v) is 4.38. The normalized spacial score (nSPS) is 11.7. The highest BCUT2D eigenvalue weighted by molar-refractivity contribution is 6.24. The van der Waals surface area contributed by atoms with Gasteiger partial charge in [-0.3, -0.25) is 24.7 Å². The SMILES string of the molecule is COC(=O)c1c(C(=O)OC)c2ccc3c(n2c1C(=O)c1ccc([N+](=O)[O-])cc1)-c1ncccc1C3=O. The molecule has 0 radical (unpaired) electrons. The van der Waals surface area contributed by atoms with Crippen molar-refractivity contribution in [3.8, 4) is 11.4 Å². The maximum atomic E-state index is 13.8. The summed E-state index contributed by atoms with van der Waals surface area (Å²) in [6.07, 6.45) is 1.48. The number of hydrogen-bond acceptors (Lipinski definition) is 9. The van der Waals surface area contributed by atoms with E-state index in [9.17, 15) is 29.3 Å². The zero-order valence-corrected chi connectivity index (χ0v) is 18.8. The van der Waals surface area contributed by atoms with Crippen LogP contribution in [-0.2, 0) is 9.47 Å². The number of nitro benzene ring substituents is 1. The van der Waals surface area contributed by atoms with Crippen LogP contribution in [0.25, 0.3) is 16.9 Å². The standard InChI is InChI=1S/C25H15N3O8/c1-35-24(31)17-16-10-9-15-20(19-14(23(15)30)4-3-11-26-19)27(16)21(18(17)25(32)36-2)22(29)12-5-7-13(8-6-12)28(33)34/h3-11H,1-2H3. The maximum Gasteiger partial charge on any atom is 0.341 e. The fraction of sp³-hybridized carbons (Fsp3) is 0.0800. The number of ketones is 2. The molecular formula is C25H15N3O8. The van der Waals surface area contributed by atoms with Crippen molar-refractivity contribution in [2.45, 2.75) is 0 Å². The molecule has 11 heteroatoms. The van der Waals surface area contributed by atoms with Crippen LogP contribution in [0.5, 0.6) is 0 Å². The molecule has 36 heavy (non-hydrogen) atoms. The molecule has 0 fully saturated rings. The summed E-state index contributed by atoms with van der Waals surface area (Å²) < 4.78 is 11.1. The number of rotatable bonds is 5. The van der Waals surface area contributed by atoms with Gasteiger partial charge in [0, 0.05) is 29.5 Å². The van der Waals surface area contributed by atoms with Crippen LogP contribution in [0.4, 0.5) is 5.69 Å². The minimum atomic E-state index is -0.983. The predicted octanol–water partition coefficient (Wildman–Crippen LogP) is 3.26. The Morgan fingerprint density at radius 2 is 1.58 bits per heavy atom. The van der Waals surface area contributed by atoms with Crippen LogP contribution in [0.2, 0.25) is 0 Å². The van der Waals surface area contributed by atoms with Gasteiger partial charge < -0.3 is 13.9 Å². The smallest absolute Gasteiger partial charge is 0.341 e. The minimum absolute atomic E-state index is 0.00439. The summed E-state index contributed by atoms with van der Waals surface area (Å²) in [5.74, 6) is -2.96. The molecule has 0 unspecified atom stereocenters. The van der Waals surface area contributed by atoms with Crippen LogP contribution in [0.3, 0.4) is 0 Å². The van der Waals surface area contributed by atoms with Crippen molar-refractivity contribution in [1.82, 2.24) is 9.38 Å². The average Bonchev–Trinajstić information content (AvgIpc) is 3.40. The number of aromatic nitrogens is 2. The number of nitro groups is 1. The molecule has 0 saturated carbocycles. The van der Waals surface area contributed by atoms with Gasteiger partial charge in [0.2, 0.25) is 5.78 Å². The summed E-state index contributed by atoms with van der Waals surface area (Å²) in [7, 11) is 2.22. The molecule has 11 nitrogen and oxygen atoms in total. The Kier molecular flexibility index (Phi) is 5.17. The molecule has 1 aliphatic rings. The number of carbonyl (C=O) groups is 4. The third-order valence-electron chi connectivity index (χ3n) is 5.95. The Hall–Kier alpha value is -5.19. The van der Waals surface area contributed by atoms with Crippen LogP contribution in [0, 0.1) is 10.1 Å². The van der Waals surface area contributed by atoms with Crippen molar-refractivity contribution in [2.75, 3.05) is 14.2 Å². The molecule has 0 N–H and O–H groups in total. The second-order valence-electron chi connectivity index (χ2n) is 7.76. The zero-order valence-electron chi connectivity index (χ0n) is 18.8. The van der Waals surface area contributed by atoms with E-state index >= 15 is 0 Å². The summed E-state index contributed by atoms with van der Waals surface area (Å²) in [5.41, 5.74) is 0.0316. The topological polar surface area (TPSA) is 147 Å². The second kappa shape index (κ2) is 8.24. The van der Waals surface area contributed by atoms with Crippen molar-refractivity contribution in [3.63, 3.8) is 0 Å². The first-order valence-electron chi connectivity index (χ1n) is 10.5. The van der Waals surface area contributed by atoms with Gasteiger partial charge in [0.15, 0.2) is 5.78 Å². The summed E-state index contributed by atoms with van der Waals surface area (Å²) in [5, 5.41) is 11.1. The van der Waals surface area contributed by atoms with E-state index in [0.717, 1.165) is 26.4 Å². The largest absolute Gasteiger partial charge is 0.465 e. The van der Waals surface area contributed by atoms with E-state index in [2.05, 4.69) is 4.98 Å². The Labute approximate surface area is 202 Å². The molecule has 0 amide bonds. The van der Waals surface area contributed by atoms with Gasteiger partial charge in [-0.2, -0.15) is 0 Å². The van der Waals surface area contributed by atoms with E-state index in [-0.39, 0.29) is 56.3 Å². The van der Waals surface area contributed by atoms with Crippen LogP contribution >= 0.6 is 0 Å². The molecule has 0 saturated heterocycles. The fourth-order valence-electron chi connectivity index (χ4n) is 4.38. The molecule has 4 aromatic rings. The van der Waals surface area contributed by atoms with E-state index in [1.807, 2.05) is 0 Å². The Morgan fingerprint density at radius 3 is 2.22 bits per heavy atom. The highest BCUT2D eigenvalue weighted by Gasteiger charge is 2.38. The molecule has 3 heterocycles. The van der Waals surface area contributed by atoms with Crippen molar-refractivity contribution in [1.29, 1.82) is 0 Å². The third-order valence-corrected chi connectivity index (χ3v) is 5.95. The minimum Gasteiger partial charge on any atom is -0.465 e. The predicted molar refractivity (Wildman–Crippen MR) is 123 cm³/mol. The molecule has 1 aromatic carbocycles. The summed E-state index contributed by atoms with van der Waals surface area (Å²) in [6, 6.07) is 10.9. The lowest BCUT2D eigenvalue weighted by molar-refractivity contribution is -0.384. The highest BCUT2D eigenvalue weighted by Crippen LogP contribution is 2.39. The number of esters is 2. The van der Waals surface area contributed by atoms with Gasteiger partial charge in [-0.15, -0.1) is 0 Å². The first-order valence-corrected chi connectivity index (χ1v) is 10.5. The molecular weight excluding hydrogens is 470 g/mol. The molecule has 0 aliphatic heterocycles. The average molecular weight is 485 g/mol. The maximum absolute atomic E-state index is 13.8. The quantitative estimate of drug-likeness (QED) is 0.158. The van der Waals surface area contributed by atoms with Crippen molar-refractivity contribution >= 4 is 34.7 Å². The summed E-state index contributed by atoms with van der Waals surface area (Å²) >= 11 is 0. The number of hydrogen-bond donors (Lipinski definition) is 0. The number of fused-ring (bicyclic) bond motifs is 5. The highest BCUT2D eigenvalue weighted by atomic mass is 16.6. The first kappa shape index (κ1) is 22.6. The lowest BCUT2D eigenvalue weighted by atomic mass is 10.0. The summed E-state index contributed by atoms with van der Waals surface area (Å²) in [4.78, 5) is 67.5. The number of non-ortho nitro benzene ring substituents is 1. The monoisotopic (exact) mass is 485 g/mol. The third kappa shape index (κ3) is 3.10. The lowest BCUT2D eigenvalue weighted by Crippen LogP contribution is -2.15. The van der Waals surface area contributed by atoms with Crippen LogP contribution in [-0.4, -0.2) is 52.0 Å². The Bertz CT molecular complexity index is 1650. The number of nitrogens with zero attached hydrogens (tertiary/aromatic N) is 3. The number of methoxy groups -OCH3 is 2. The van der Waals surface area contributed by atoms with Crippen LogP contribution in [0.1, 0.15) is 52.7 Å². The molecule has 0 atom stereocenters. The zero-order chi connectivity index (χ0) is 25.7. The Balaban J connectivity index is 1.92. The van der Waals surface area contributed by atoms with Crippen molar-refractivity contribution in [3.05, 3.63) is 98.4 Å². The number of ether oxygens (including phenoxy) is 2. The Morgan fingerprint density at radius 1 is 0.917 bits per heavy atom. The van der Waals surface area contributed by atoms with Gasteiger partial charge in [-0.1, -0.05) is 0 Å². The molecule has 3 aromatic heterocycles. The van der Waals surface area contributed by atoms with Crippen molar-refractivity contribution in [2.24, 2.45) is 0 Å². The van der Waals surface area contributed by atoms with E-state index in [4.69, 9.17) is 9.47 Å². The van der Waals surface area contributed by atoms with E-state index in [1.54, 1.807) is 12.1 Å². The molecule has 5 rings (SSSR count). The van der Waals surface area contributed by atoms with E-state index in [0.29, 0.717) is 5.56 Å². The van der Waals surface area contributed by atoms with Crippen LogP contribution in [0.15, 0.2) is 54.7 Å².